The monoisotopic (exact) mass is 652 g/mol. The molecule has 198 valence electrons. The minimum Gasteiger partial charge on any atom is -0.490 e. The highest BCUT2D eigenvalue weighted by Crippen LogP contribution is 2.39. The van der Waals surface area contributed by atoms with Gasteiger partial charge in [0.2, 0.25) is 0 Å². The second kappa shape index (κ2) is 14.3. The van der Waals surface area contributed by atoms with Crippen molar-refractivity contribution in [3.63, 3.8) is 0 Å². The summed E-state index contributed by atoms with van der Waals surface area (Å²) in [7, 11) is 0. The number of halogens is 3. The molecule has 10 heteroatoms. The molecule has 7 nitrogen and oxygen atoms in total. The van der Waals surface area contributed by atoms with Gasteiger partial charge in [0.15, 0.2) is 6.10 Å². The largest absolute Gasteiger partial charge is 0.490 e. The predicted molar refractivity (Wildman–Crippen MR) is 148 cm³/mol. The van der Waals surface area contributed by atoms with Crippen molar-refractivity contribution >= 4 is 57.7 Å². The molecule has 0 aliphatic rings. The summed E-state index contributed by atoms with van der Waals surface area (Å²) in [6, 6.07) is 11.5. The van der Waals surface area contributed by atoms with E-state index in [2.05, 4.69) is 42.5 Å². The van der Waals surface area contributed by atoms with E-state index in [0.717, 1.165) is 16.7 Å². The lowest BCUT2D eigenvalue weighted by Gasteiger charge is -2.28. The normalized spacial score (nSPS) is 13.0. The third kappa shape index (κ3) is 8.68. The van der Waals surface area contributed by atoms with Crippen LogP contribution in [0.2, 0.25) is 5.02 Å². The molecule has 0 fully saturated rings. The van der Waals surface area contributed by atoms with Gasteiger partial charge >= 0.3 is 11.9 Å². The molecule has 0 aromatic heterocycles. The Morgan fingerprint density at radius 2 is 1.56 bits per heavy atom. The molecule has 2 rings (SSSR count). The molecule has 0 aliphatic carbocycles. The molecule has 2 unspecified atom stereocenters. The molecule has 0 bridgehead atoms. The van der Waals surface area contributed by atoms with Crippen molar-refractivity contribution in [3.05, 3.63) is 58.1 Å². The first-order valence-electron chi connectivity index (χ1n) is 11.3. The Bertz CT molecular complexity index is 1030. The molecule has 0 aliphatic heterocycles. The number of hydrogen-bond acceptors (Lipinski definition) is 7. The van der Waals surface area contributed by atoms with E-state index in [1.165, 1.54) is 13.8 Å². The first-order chi connectivity index (χ1) is 17.0. The van der Waals surface area contributed by atoms with Crippen LogP contribution >= 0.6 is 45.8 Å². The van der Waals surface area contributed by atoms with Gasteiger partial charge in [-0.2, -0.15) is 0 Å². The van der Waals surface area contributed by atoms with Gasteiger partial charge in [-0.25, -0.2) is 0 Å². The summed E-state index contributed by atoms with van der Waals surface area (Å²) in [5.41, 5.74) is 2.57. The molecule has 1 N–H and O–H groups in total. The molecule has 0 saturated heterocycles. The molecule has 0 heterocycles. The van der Waals surface area contributed by atoms with Gasteiger partial charge in [0.05, 0.1) is 17.5 Å². The molecule has 0 amide bonds. The first kappa shape index (κ1) is 30.5. The Morgan fingerprint density at radius 3 is 2.08 bits per heavy atom. The fourth-order valence-corrected chi connectivity index (χ4v) is 4.49. The van der Waals surface area contributed by atoms with Gasteiger partial charge < -0.3 is 24.1 Å². The second-order valence-electron chi connectivity index (χ2n) is 8.65. The van der Waals surface area contributed by atoms with Gasteiger partial charge in [0.1, 0.15) is 30.8 Å². The number of hydrogen-bond donors (Lipinski definition) is 1. The van der Waals surface area contributed by atoms with Crippen LogP contribution < -0.4 is 9.47 Å². The van der Waals surface area contributed by atoms with Crippen molar-refractivity contribution in [2.24, 2.45) is 0 Å². The lowest BCUT2D eigenvalue weighted by Crippen LogP contribution is -2.27. The summed E-state index contributed by atoms with van der Waals surface area (Å²) in [5.74, 6) is 0.361. The smallest absolute Gasteiger partial charge is 0.303 e. The topological polar surface area (TPSA) is 91.3 Å². The molecule has 0 radical (unpaired) electrons. The van der Waals surface area contributed by atoms with E-state index in [0.29, 0.717) is 20.9 Å². The lowest BCUT2D eigenvalue weighted by atomic mass is 9.77. The minimum atomic E-state index is -0.720. The van der Waals surface area contributed by atoms with Gasteiger partial charge in [0, 0.05) is 29.3 Å². The van der Waals surface area contributed by atoms with Crippen molar-refractivity contribution in [2.75, 3.05) is 25.7 Å². The number of carbonyl (C=O) groups is 2. The highest BCUT2D eigenvalue weighted by molar-refractivity contribution is 14.1. The van der Waals surface area contributed by atoms with Crippen LogP contribution in [0.25, 0.3) is 0 Å². The number of esters is 2. The quantitative estimate of drug-likeness (QED) is 0.175. The summed E-state index contributed by atoms with van der Waals surface area (Å²) in [5, 5.41) is 9.78. The molecule has 2 aromatic carbocycles. The maximum absolute atomic E-state index is 11.2. The van der Waals surface area contributed by atoms with E-state index in [-0.39, 0.29) is 31.1 Å². The predicted octanol–water partition coefficient (Wildman–Crippen LogP) is 5.45. The van der Waals surface area contributed by atoms with Crippen LogP contribution in [0, 0.1) is 0 Å². The van der Waals surface area contributed by atoms with Crippen LogP contribution in [0.4, 0.5) is 0 Å². The molecule has 36 heavy (non-hydrogen) atoms. The van der Waals surface area contributed by atoms with Gasteiger partial charge in [-0.3, -0.25) is 9.59 Å². The van der Waals surface area contributed by atoms with Crippen molar-refractivity contribution in [1.82, 2.24) is 0 Å². The highest BCUT2D eigenvalue weighted by Gasteiger charge is 2.26. The standard InChI is InChI=1S/C26H31Cl2IO7/c1-16(31)35-22(11-27)14-34-25-18(12-29)9-20(10-24(25)28)26(3,4)19-5-7-21(8-6-19)33-15-23(13-30)36-17(2)32/h5-10,22-23,30H,11-15H2,1-4H3. The van der Waals surface area contributed by atoms with Gasteiger partial charge in [-0.05, 0) is 29.3 Å². The maximum atomic E-state index is 11.2. The summed E-state index contributed by atoms with van der Waals surface area (Å²) in [6.07, 6.45) is -1.29. The zero-order chi connectivity index (χ0) is 26.9. The number of aliphatic hydroxyl groups excluding tert-OH is 1. The number of alkyl halides is 2. The maximum Gasteiger partial charge on any atom is 0.303 e. The van der Waals surface area contributed by atoms with Crippen molar-refractivity contribution < 1.29 is 33.6 Å². The van der Waals surface area contributed by atoms with E-state index < -0.39 is 24.1 Å². The SMILES string of the molecule is CC(=O)OC(CO)COc1ccc(C(C)(C)c2cc(Cl)c(OCC(CCl)OC(C)=O)c(CI)c2)cc1. The van der Waals surface area contributed by atoms with E-state index in [1.807, 2.05) is 30.3 Å². The average molecular weight is 653 g/mol. The summed E-state index contributed by atoms with van der Waals surface area (Å²) in [4.78, 5) is 22.3. The van der Waals surface area contributed by atoms with Crippen LogP contribution in [0.1, 0.15) is 44.4 Å². The average Bonchev–Trinajstić information content (AvgIpc) is 2.84. The van der Waals surface area contributed by atoms with E-state index >= 15 is 0 Å². The van der Waals surface area contributed by atoms with Gasteiger partial charge in [0.25, 0.3) is 0 Å². The van der Waals surface area contributed by atoms with Crippen molar-refractivity contribution in [3.8, 4) is 11.5 Å². The minimum absolute atomic E-state index is 0.0525. The zero-order valence-electron chi connectivity index (χ0n) is 20.7. The van der Waals surface area contributed by atoms with Crippen LogP contribution in [-0.2, 0) is 28.9 Å². The van der Waals surface area contributed by atoms with E-state index in [1.54, 1.807) is 0 Å². The Kier molecular flexibility index (Phi) is 12.1. The number of benzene rings is 2. The first-order valence-corrected chi connectivity index (χ1v) is 13.7. The molecular weight excluding hydrogens is 622 g/mol. The molecule has 0 saturated carbocycles. The number of rotatable bonds is 13. The van der Waals surface area contributed by atoms with Crippen molar-refractivity contribution in [1.29, 1.82) is 0 Å². The van der Waals surface area contributed by atoms with Crippen LogP contribution in [0.5, 0.6) is 11.5 Å². The molecular formula is C26H31Cl2IO7. The van der Waals surface area contributed by atoms with Crippen LogP contribution in [0.3, 0.4) is 0 Å². The van der Waals surface area contributed by atoms with E-state index in [4.69, 9.17) is 42.1 Å². The third-order valence-electron chi connectivity index (χ3n) is 5.45. The lowest BCUT2D eigenvalue weighted by molar-refractivity contribution is -0.150. The summed E-state index contributed by atoms with van der Waals surface area (Å²) >= 11 is 14.8. The molecule has 2 aromatic rings. The molecule has 0 spiro atoms. The Balaban J connectivity index is 2.19. The molecule has 2 atom stereocenters. The summed E-state index contributed by atoms with van der Waals surface area (Å²) in [6.45, 7) is 6.64. The highest BCUT2D eigenvalue weighted by atomic mass is 127. The fraction of sp³-hybridized carbons (Fsp3) is 0.462. The summed E-state index contributed by atoms with van der Waals surface area (Å²) < 4.78 is 22.4. The fourth-order valence-electron chi connectivity index (χ4n) is 3.48. The van der Waals surface area contributed by atoms with Gasteiger partial charge in [-0.1, -0.05) is 66.2 Å². The Morgan fingerprint density at radius 1 is 0.972 bits per heavy atom. The Labute approximate surface area is 235 Å². The van der Waals surface area contributed by atoms with Crippen LogP contribution in [-0.4, -0.2) is 55.0 Å². The number of ether oxygens (including phenoxy) is 4. The third-order valence-corrected chi connectivity index (χ3v) is 6.90. The number of carbonyl (C=O) groups excluding carboxylic acids is 2. The second-order valence-corrected chi connectivity index (χ2v) is 10.1. The van der Waals surface area contributed by atoms with E-state index in [9.17, 15) is 14.7 Å². The van der Waals surface area contributed by atoms with Gasteiger partial charge in [-0.15, -0.1) is 11.6 Å². The zero-order valence-corrected chi connectivity index (χ0v) is 24.4. The number of aliphatic hydroxyl groups is 1. The Hall–Kier alpha value is -1.75. The van der Waals surface area contributed by atoms with Crippen LogP contribution in [0.15, 0.2) is 36.4 Å². The van der Waals surface area contributed by atoms with Crippen molar-refractivity contribution in [2.45, 2.75) is 49.7 Å².